The van der Waals surface area contributed by atoms with Crippen LogP contribution in [0.3, 0.4) is 0 Å². The van der Waals surface area contributed by atoms with Crippen LogP contribution in [0.5, 0.6) is 0 Å². The third-order valence-electron chi connectivity index (χ3n) is 2.77. The van der Waals surface area contributed by atoms with E-state index in [9.17, 15) is 4.79 Å². The van der Waals surface area contributed by atoms with Crippen molar-refractivity contribution in [2.45, 2.75) is 6.54 Å². The van der Waals surface area contributed by atoms with Gasteiger partial charge in [0.05, 0.1) is 18.6 Å². The SMILES string of the molecule is Nc1ncnc2c1ncn2Cc1ncncc1C(=O)O. The molecule has 9 nitrogen and oxygen atoms in total. The third kappa shape index (κ3) is 1.90. The Morgan fingerprint density at radius 2 is 2.10 bits per heavy atom. The molecule has 0 unspecified atom stereocenters. The molecule has 0 atom stereocenters. The molecule has 0 spiro atoms. The lowest BCUT2D eigenvalue weighted by atomic mass is 10.2. The van der Waals surface area contributed by atoms with Gasteiger partial charge in [0.15, 0.2) is 11.5 Å². The standard InChI is InChI=1S/C11H9N7O2/c12-9-8-10(16-4-15-9)18(5-17-8)2-7-6(11(19)20)1-13-3-14-7/h1,3-5H,2H2,(H,19,20)(H2,12,15,16). The summed E-state index contributed by atoms with van der Waals surface area (Å²) in [5, 5.41) is 9.10. The number of nitrogen functional groups attached to an aromatic ring is 1. The van der Waals surface area contributed by atoms with E-state index < -0.39 is 5.97 Å². The Bertz CT molecular complexity index is 798. The van der Waals surface area contributed by atoms with Crippen LogP contribution in [0, 0.1) is 0 Å². The molecule has 0 radical (unpaired) electrons. The highest BCUT2D eigenvalue weighted by Crippen LogP contribution is 2.16. The number of hydrogen-bond acceptors (Lipinski definition) is 7. The molecule has 3 aromatic rings. The number of carboxylic acid groups (broad SMARTS) is 1. The van der Waals surface area contributed by atoms with Gasteiger partial charge in [0.25, 0.3) is 0 Å². The molecule has 3 aromatic heterocycles. The molecule has 0 amide bonds. The molecule has 0 aliphatic rings. The fraction of sp³-hybridized carbons (Fsp3) is 0.0909. The summed E-state index contributed by atoms with van der Waals surface area (Å²) in [7, 11) is 0. The topological polar surface area (TPSA) is 133 Å². The van der Waals surface area contributed by atoms with Crippen LogP contribution in [0.25, 0.3) is 11.2 Å². The quantitative estimate of drug-likeness (QED) is 0.677. The van der Waals surface area contributed by atoms with E-state index in [1.54, 1.807) is 4.57 Å². The highest BCUT2D eigenvalue weighted by atomic mass is 16.4. The number of imidazole rings is 1. The van der Waals surface area contributed by atoms with Crippen LogP contribution < -0.4 is 5.73 Å². The van der Waals surface area contributed by atoms with Crippen molar-refractivity contribution in [1.29, 1.82) is 0 Å². The summed E-state index contributed by atoms with van der Waals surface area (Å²) in [6.45, 7) is 0.205. The number of nitrogens with zero attached hydrogens (tertiary/aromatic N) is 6. The van der Waals surface area contributed by atoms with Crippen LogP contribution in [0.15, 0.2) is 25.2 Å². The molecule has 0 aliphatic heterocycles. The van der Waals surface area contributed by atoms with Crippen molar-refractivity contribution >= 4 is 23.0 Å². The normalized spacial score (nSPS) is 10.8. The highest BCUT2D eigenvalue weighted by molar-refractivity contribution is 5.88. The molecule has 0 aliphatic carbocycles. The first kappa shape index (κ1) is 12.0. The second-order valence-corrected chi connectivity index (χ2v) is 3.99. The molecule has 3 rings (SSSR count). The Balaban J connectivity index is 2.06. The van der Waals surface area contributed by atoms with E-state index in [-0.39, 0.29) is 17.9 Å². The zero-order valence-corrected chi connectivity index (χ0v) is 10.1. The van der Waals surface area contributed by atoms with Crippen LogP contribution in [0.2, 0.25) is 0 Å². The van der Waals surface area contributed by atoms with Gasteiger partial charge in [-0.3, -0.25) is 0 Å². The van der Waals surface area contributed by atoms with Crippen LogP contribution in [-0.2, 0) is 6.54 Å². The van der Waals surface area contributed by atoms with Gasteiger partial charge in [0.1, 0.15) is 23.7 Å². The molecule has 0 aromatic carbocycles. The van der Waals surface area contributed by atoms with Crippen molar-refractivity contribution in [3.63, 3.8) is 0 Å². The van der Waals surface area contributed by atoms with Crippen molar-refractivity contribution in [2.75, 3.05) is 5.73 Å². The first-order valence-corrected chi connectivity index (χ1v) is 5.60. The molecule has 3 heterocycles. The number of anilines is 1. The number of rotatable bonds is 3. The summed E-state index contributed by atoms with van der Waals surface area (Å²) in [5.74, 6) is -0.811. The smallest absolute Gasteiger partial charge is 0.339 e. The zero-order valence-electron chi connectivity index (χ0n) is 10.1. The summed E-state index contributed by atoms with van der Waals surface area (Å²) in [6.07, 6.45) is 5.40. The lowest BCUT2D eigenvalue weighted by Gasteiger charge is -2.05. The highest BCUT2D eigenvalue weighted by Gasteiger charge is 2.14. The number of aromatic carboxylic acids is 1. The largest absolute Gasteiger partial charge is 0.478 e. The van der Waals surface area contributed by atoms with E-state index in [4.69, 9.17) is 10.8 Å². The predicted octanol–water partition coefficient (Wildman–Crippen LogP) is -0.0550. The Morgan fingerprint density at radius 1 is 1.25 bits per heavy atom. The minimum atomic E-state index is -1.08. The molecule has 100 valence electrons. The second-order valence-electron chi connectivity index (χ2n) is 3.99. The van der Waals surface area contributed by atoms with Gasteiger partial charge in [-0.05, 0) is 0 Å². The lowest BCUT2D eigenvalue weighted by Crippen LogP contribution is -2.10. The van der Waals surface area contributed by atoms with E-state index in [0.29, 0.717) is 16.9 Å². The molecule has 20 heavy (non-hydrogen) atoms. The number of carboxylic acids is 1. The van der Waals surface area contributed by atoms with Gasteiger partial charge in [-0.15, -0.1) is 0 Å². The molecule has 3 N–H and O–H groups in total. The van der Waals surface area contributed by atoms with E-state index in [2.05, 4.69) is 24.9 Å². The van der Waals surface area contributed by atoms with Gasteiger partial charge < -0.3 is 15.4 Å². The lowest BCUT2D eigenvalue weighted by molar-refractivity contribution is 0.0694. The van der Waals surface area contributed by atoms with Crippen molar-refractivity contribution < 1.29 is 9.90 Å². The van der Waals surface area contributed by atoms with E-state index in [0.717, 1.165) is 0 Å². The zero-order chi connectivity index (χ0) is 14.1. The number of fused-ring (bicyclic) bond motifs is 1. The number of hydrogen-bond donors (Lipinski definition) is 2. The van der Waals surface area contributed by atoms with Crippen molar-refractivity contribution in [2.24, 2.45) is 0 Å². The molecule has 0 saturated heterocycles. The maximum atomic E-state index is 11.1. The van der Waals surface area contributed by atoms with Crippen molar-refractivity contribution in [1.82, 2.24) is 29.5 Å². The van der Waals surface area contributed by atoms with Gasteiger partial charge in [-0.1, -0.05) is 0 Å². The Labute approximate surface area is 112 Å². The van der Waals surface area contributed by atoms with Crippen molar-refractivity contribution in [3.8, 4) is 0 Å². The van der Waals surface area contributed by atoms with Crippen LogP contribution in [-0.4, -0.2) is 40.6 Å². The van der Waals surface area contributed by atoms with Crippen molar-refractivity contribution in [3.05, 3.63) is 36.4 Å². The summed E-state index contributed by atoms with van der Waals surface area (Å²) in [4.78, 5) is 30.9. The number of carbonyl (C=O) groups is 1. The van der Waals surface area contributed by atoms with E-state index in [1.165, 1.54) is 25.2 Å². The van der Waals surface area contributed by atoms with E-state index >= 15 is 0 Å². The fourth-order valence-electron chi connectivity index (χ4n) is 1.84. The molecular formula is C11H9N7O2. The summed E-state index contributed by atoms with van der Waals surface area (Å²) in [6, 6.07) is 0. The van der Waals surface area contributed by atoms with Gasteiger partial charge in [-0.2, -0.15) is 0 Å². The summed E-state index contributed by atoms with van der Waals surface area (Å²) < 4.78 is 1.65. The summed E-state index contributed by atoms with van der Waals surface area (Å²) in [5.41, 5.74) is 7.09. The maximum Gasteiger partial charge on any atom is 0.339 e. The van der Waals surface area contributed by atoms with Gasteiger partial charge in [0.2, 0.25) is 0 Å². The first-order chi connectivity index (χ1) is 9.66. The second kappa shape index (κ2) is 4.53. The molecular weight excluding hydrogens is 262 g/mol. The maximum absolute atomic E-state index is 11.1. The minimum absolute atomic E-state index is 0.0383. The Hall–Kier alpha value is -3.10. The van der Waals surface area contributed by atoms with Crippen LogP contribution in [0.1, 0.15) is 16.1 Å². The third-order valence-corrected chi connectivity index (χ3v) is 2.77. The average Bonchev–Trinajstić information content (AvgIpc) is 2.84. The molecule has 0 saturated carbocycles. The van der Waals surface area contributed by atoms with Crippen LogP contribution >= 0.6 is 0 Å². The molecule has 0 bridgehead atoms. The van der Waals surface area contributed by atoms with Gasteiger partial charge in [-0.25, -0.2) is 29.7 Å². The van der Waals surface area contributed by atoms with Gasteiger partial charge in [0, 0.05) is 6.20 Å². The first-order valence-electron chi connectivity index (χ1n) is 5.60. The summed E-state index contributed by atoms with van der Waals surface area (Å²) >= 11 is 0. The average molecular weight is 271 g/mol. The number of aromatic nitrogens is 6. The molecule has 9 heteroatoms. The van der Waals surface area contributed by atoms with E-state index in [1.807, 2.05) is 0 Å². The van der Waals surface area contributed by atoms with Crippen LogP contribution in [0.4, 0.5) is 5.82 Å². The van der Waals surface area contributed by atoms with Gasteiger partial charge >= 0.3 is 5.97 Å². The Morgan fingerprint density at radius 3 is 2.90 bits per heavy atom. The monoisotopic (exact) mass is 271 g/mol. The predicted molar refractivity (Wildman–Crippen MR) is 67.8 cm³/mol. The number of nitrogens with two attached hydrogens (primary N) is 1. The minimum Gasteiger partial charge on any atom is -0.478 e. The molecule has 0 fully saturated rings. The fourth-order valence-corrected chi connectivity index (χ4v) is 1.84. The Kier molecular flexibility index (Phi) is 2.71.